The fraction of sp³-hybridized carbons (Fsp3) is 0.545. The van der Waals surface area contributed by atoms with Gasteiger partial charge in [0.2, 0.25) is 5.95 Å². The molecule has 1 fully saturated rings. The van der Waals surface area contributed by atoms with Gasteiger partial charge in [-0.3, -0.25) is 4.90 Å². The maximum absolute atomic E-state index is 8.71. The summed E-state index contributed by atoms with van der Waals surface area (Å²) in [7, 11) is 0. The lowest BCUT2D eigenvalue weighted by Crippen LogP contribution is -2.45. The van der Waals surface area contributed by atoms with Crippen LogP contribution in [0.4, 0.5) is 5.95 Å². The topological polar surface area (TPSA) is 76.9 Å². The van der Waals surface area contributed by atoms with Crippen molar-refractivity contribution in [3.8, 4) is 6.07 Å². The zero-order chi connectivity index (χ0) is 11.9. The van der Waals surface area contributed by atoms with E-state index in [0.717, 1.165) is 39.3 Å². The van der Waals surface area contributed by atoms with E-state index in [1.54, 1.807) is 12.3 Å². The van der Waals surface area contributed by atoms with Gasteiger partial charge in [0.15, 0.2) is 0 Å². The molecule has 1 aromatic rings. The number of nitrogens with one attached hydrogen (secondary N) is 2. The molecule has 6 heteroatoms. The van der Waals surface area contributed by atoms with E-state index in [1.165, 1.54) is 0 Å². The van der Waals surface area contributed by atoms with Crippen LogP contribution in [-0.2, 0) is 0 Å². The quantitative estimate of drug-likeness (QED) is 0.740. The van der Waals surface area contributed by atoms with Gasteiger partial charge in [0.1, 0.15) is 11.8 Å². The largest absolute Gasteiger partial charge is 0.353 e. The second-order valence-corrected chi connectivity index (χ2v) is 3.90. The molecule has 0 aromatic carbocycles. The van der Waals surface area contributed by atoms with Crippen molar-refractivity contribution in [2.24, 2.45) is 0 Å². The van der Waals surface area contributed by atoms with Gasteiger partial charge < -0.3 is 10.6 Å². The summed E-state index contributed by atoms with van der Waals surface area (Å²) in [5, 5.41) is 15.2. The predicted molar refractivity (Wildman–Crippen MR) is 64.5 cm³/mol. The summed E-state index contributed by atoms with van der Waals surface area (Å²) in [6.45, 7) is 6.05. The van der Waals surface area contributed by atoms with Gasteiger partial charge in [0.25, 0.3) is 0 Å². The molecular formula is C11H16N6. The summed E-state index contributed by atoms with van der Waals surface area (Å²) in [4.78, 5) is 10.5. The van der Waals surface area contributed by atoms with Crippen LogP contribution in [0.1, 0.15) is 5.69 Å². The maximum atomic E-state index is 8.71. The first kappa shape index (κ1) is 11.8. The van der Waals surface area contributed by atoms with Gasteiger partial charge in [-0.05, 0) is 6.07 Å². The van der Waals surface area contributed by atoms with Gasteiger partial charge >= 0.3 is 0 Å². The minimum atomic E-state index is 0.393. The highest BCUT2D eigenvalue weighted by atomic mass is 15.2. The second-order valence-electron chi connectivity index (χ2n) is 3.90. The molecule has 2 rings (SSSR count). The molecule has 0 amide bonds. The molecule has 0 radical (unpaired) electrons. The lowest BCUT2D eigenvalue weighted by atomic mass is 10.3. The van der Waals surface area contributed by atoms with Crippen LogP contribution in [-0.4, -0.2) is 54.1 Å². The molecule has 1 saturated heterocycles. The van der Waals surface area contributed by atoms with Crippen molar-refractivity contribution in [1.82, 2.24) is 20.2 Å². The highest BCUT2D eigenvalue weighted by molar-refractivity contribution is 5.29. The third kappa shape index (κ3) is 3.66. The van der Waals surface area contributed by atoms with E-state index in [0.29, 0.717) is 11.6 Å². The van der Waals surface area contributed by atoms with E-state index in [4.69, 9.17) is 5.26 Å². The fourth-order valence-corrected chi connectivity index (χ4v) is 1.77. The van der Waals surface area contributed by atoms with Crippen LogP contribution in [0.25, 0.3) is 0 Å². The van der Waals surface area contributed by atoms with Crippen molar-refractivity contribution < 1.29 is 0 Å². The standard InChI is InChI=1S/C11H16N6/c12-9-10-1-2-14-11(16-10)15-5-8-17-6-3-13-4-7-17/h1-2,13H,3-8H2,(H,14,15,16). The van der Waals surface area contributed by atoms with Crippen molar-refractivity contribution in [3.05, 3.63) is 18.0 Å². The Bertz CT molecular complexity index is 393. The van der Waals surface area contributed by atoms with Gasteiger partial charge in [-0.1, -0.05) is 0 Å². The van der Waals surface area contributed by atoms with Crippen LogP contribution in [0.2, 0.25) is 0 Å². The van der Waals surface area contributed by atoms with E-state index in [2.05, 4.69) is 25.5 Å². The predicted octanol–water partition coefficient (Wildman–Crippen LogP) is -0.335. The SMILES string of the molecule is N#Cc1ccnc(NCCN2CCNCC2)n1. The van der Waals surface area contributed by atoms with E-state index in [1.807, 2.05) is 6.07 Å². The molecule has 1 aliphatic heterocycles. The Balaban J connectivity index is 1.75. The van der Waals surface area contributed by atoms with Crippen molar-refractivity contribution in [3.63, 3.8) is 0 Å². The zero-order valence-corrected chi connectivity index (χ0v) is 9.69. The number of aromatic nitrogens is 2. The average molecular weight is 232 g/mol. The number of hydrogen-bond acceptors (Lipinski definition) is 6. The highest BCUT2D eigenvalue weighted by Crippen LogP contribution is 1.99. The molecule has 0 spiro atoms. The molecule has 1 aliphatic rings. The third-order valence-corrected chi connectivity index (χ3v) is 2.69. The molecule has 17 heavy (non-hydrogen) atoms. The van der Waals surface area contributed by atoms with Gasteiger partial charge in [0.05, 0.1) is 0 Å². The monoisotopic (exact) mass is 232 g/mol. The van der Waals surface area contributed by atoms with Gasteiger partial charge in [-0.2, -0.15) is 5.26 Å². The maximum Gasteiger partial charge on any atom is 0.223 e. The molecule has 0 unspecified atom stereocenters. The number of hydrogen-bond donors (Lipinski definition) is 2. The molecule has 0 saturated carbocycles. The van der Waals surface area contributed by atoms with E-state index in [9.17, 15) is 0 Å². The Kier molecular flexibility index (Phi) is 4.24. The molecule has 2 heterocycles. The molecule has 2 N–H and O–H groups in total. The molecule has 1 aromatic heterocycles. The first-order valence-corrected chi connectivity index (χ1v) is 5.78. The smallest absolute Gasteiger partial charge is 0.223 e. The van der Waals surface area contributed by atoms with Crippen LogP contribution in [0.15, 0.2) is 12.3 Å². The molecule has 0 aliphatic carbocycles. The summed E-state index contributed by atoms with van der Waals surface area (Å²) >= 11 is 0. The number of rotatable bonds is 4. The molecule has 0 bridgehead atoms. The summed E-state index contributed by atoms with van der Waals surface area (Å²) < 4.78 is 0. The van der Waals surface area contributed by atoms with Crippen molar-refractivity contribution in [2.75, 3.05) is 44.6 Å². The van der Waals surface area contributed by atoms with Crippen LogP contribution < -0.4 is 10.6 Å². The first-order valence-electron chi connectivity index (χ1n) is 5.78. The number of nitrogens with zero attached hydrogens (tertiary/aromatic N) is 4. The summed E-state index contributed by atoms with van der Waals surface area (Å²) in [5.41, 5.74) is 0.393. The van der Waals surface area contributed by atoms with E-state index in [-0.39, 0.29) is 0 Å². The molecule has 0 atom stereocenters. The zero-order valence-electron chi connectivity index (χ0n) is 9.69. The van der Waals surface area contributed by atoms with Crippen molar-refractivity contribution in [2.45, 2.75) is 0 Å². The van der Waals surface area contributed by atoms with Crippen molar-refractivity contribution in [1.29, 1.82) is 5.26 Å². The Morgan fingerprint density at radius 3 is 3.06 bits per heavy atom. The highest BCUT2D eigenvalue weighted by Gasteiger charge is 2.08. The lowest BCUT2D eigenvalue weighted by molar-refractivity contribution is 0.249. The second kappa shape index (κ2) is 6.13. The lowest BCUT2D eigenvalue weighted by Gasteiger charge is -2.27. The minimum absolute atomic E-state index is 0.393. The average Bonchev–Trinajstić information content (AvgIpc) is 2.40. The van der Waals surface area contributed by atoms with Gasteiger partial charge in [-0.15, -0.1) is 0 Å². The molecular weight excluding hydrogens is 216 g/mol. The van der Waals surface area contributed by atoms with E-state index >= 15 is 0 Å². The fourth-order valence-electron chi connectivity index (χ4n) is 1.77. The molecule has 90 valence electrons. The Labute approximate surface area is 101 Å². The summed E-state index contributed by atoms with van der Waals surface area (Å²) in [5.74, 6) is 0.527. The summed E-state index contributed by atoms with van der Waals surface area (Å²) in [6, 6.07) is 3.60. The van der Waals surface area contributed by atoms with Crippen LogP contribution in [0.3, 0.4) is 0 Å². The number of anilines is 1. The summed E-state index contributed by atoms with van der Waals surface area (Å²) in [6.07, 6.45) is 1.60. The third-order valence-electron chi connectivity index (χ3n) is 2.69. The minimum Gasteiger partial charge on any atom is -0.353 e. The van der Waals surface area contributed by atoms with Gasteiger partial charge in [-0.25, -0.2) is 9.97 Å². The molecule has 6 nitrogen and oxygen atoms in total. The van der Waals surface area contributed by atoms with Crippen LogP contribution >= 0.6 is 0 Å². The Morgan fingerprint density at radius 1 is 1.47 bits per heavy atom. The van der Waals surface area contributed by atoms with Crippen LogP contribution in [0.5, 0.6) is 0 Å². The Hall–Kier alpha value is -1.71. The first-order chi connectivity index (χ1) is 8.38. The Morgan fingerprint density at radius 2 is 2.29 bits per heavy atom. The van der Waals surface area contributed by atoms with Crippen LogP contribution in [0, 0.1) is 11.3 Å². The normalized spacial score (nSPS) is 16.4. The van der Waals surface area contributed by atoms with Gasteiger partial charge in [0, 0.05) is 45.5 Å². The number of piperazine rings is 1. The number of nitriles is 1. The van der Waals surface area contributed by atoms with Crippen molar-refractivity contribution >= 4 is 5.95 Å². The van der Waals surface area contributed by atoms with E-state index < -0.39 is 0 Å².